The number of hydrogen-bond acceptors (Lipinski definition) is 4. The van der Waals surface area contributed by atoms with E-state index in [1.54, 1.807) is 13.0 Å². The first kappa shape index (κ1) is 15.2. The molecule has 0 aromatic heterocycles. The maximum absolute atomic E-state index is 11.8. The number of allylic oxidation sites excluding steroid dienone is 2. The summed E-state index contributed by atoms with van der Waals surface area (Å²) in [6, 6.07) is 3.39. The van der Waals surface area contributed by atoms with E-state index in [2.05, 4.69) is 5.32 Å². The number of rotatable bonds is 3. The highest BCUT2D eigenvalue weighted by Crippen LogP contribution is 2.35. The highest BCUT2D eigenvalue weighted by Gasteiger charge is 2.27. The third-order valence-electron chi connectivity index (χ3n) is 3.80. The smallest absolute Gasteiger partial charge is 0.274 e. The topological polar surface area (TPSA) is 72.2 Å². The van der Waals surface area contributed by atoms with Gasteiger partial charge in [0.15, 0.2) is 5.78 Å². The number of nitro benzene ring substituents is 1. The van der Waals surface area contributed by atoms with E-state index in [9.17, 15) is 14.9 Å². The summed E-state index contributed by atoms with van der Waals surface area (Å²) in [6.45, 7) is 7.67. The molecule has 1 aromatic carbocycles. The van der Waals surface area contributed by atoms with E-state index >= 15 is 0 Å². The number of nitrogens with zero attached hydrogens (tertiary/aromatic N) is 1. The number of aryl methyl sites for hydroxylation is 1. The van der Waals surface area contributed by atoms with Crippen molar-refractivity contribution in [1.82, 2.24) is 0 Å². The van der Waals surface area contributed by atoms with Gasteiger partial charge in [0.25, 0.3) is 5.69 Å². The summed E-state index contributed by atoms with van der Waals surface area (Å²) in [5, 5.41) is 14.2. The lowest BCUT2D eigenvalue weighted by Crippen LogP contribution is -2.24. The van der Waals surface area contributed by atoms with Gasteiger partial charge in [0.05, 0.1) is 4.92 Å². The molecular formula is C16H20N2O3. The molecule has 5 heteroatoms. The van der Waals surface area contributed by atoms with Crippen LogP contribution in [0, 0.1) is 29.4 Å². The van der Waals surface area contributed by atoms with Gasteiger partial charge in [-0.15, -0.1) is 0 Å². The number of anilines is 1. The standard InChI is InChI=1S/C16H20N2O3/c1-10-5-12(7-15(11(10)2)18(20)21)17-13-6-14(19)9-16(3,4)8-13/h5-7,17H,8-9H2,1-4H3. The average Bonchev–Trinajstić information content (AvgIpc) is 2.30. The molecule has 0 aliphatic heterocycles. The van der Waals surface area contributed by atoms with Gasteiger partial charge >= 0.3 is 0 Å². The summed E-state index contributed by atoms with van der Waals surface area (Å²) in [4.78, 5) is 22.5. The van der Waals surface area contributed by atoms with Gasteiger partial charge in [0, 0.05) is 35.5 Å². The maximum atomic E-state index is 11.8. The molecule has 1 aromatic rings. The van der Waals surface area contributed by atoms with Crippen LogP contribution in [0.4, 0.5) is 11.4 Å². The van der Waals surface area contributed by atoms with Gasteiger partial charge in [-0.1, -0.05) is 13.8 Å². The van der Waals surface area contributed by atoms with E-state index < -0.39 is 0 Å². The fourth-order valence-electron chi connectivity index (χ4n) is 2.71. The Hall–Kier alpha value is -2.17. The molecule has 1 aliphatic carbocycles. The van der Waals surface area contributed by atoms with Crippen molar-refractivity contribution in [2.75, 3.05) is 5.32 Å². The van der Waals surface area contributed by atoms with Crippen molar-refractivity contribution < 1.29 is 9.72 Å². The van der Waals surface area contributed by atoms with Crippen LogP contribution in [0.2, 0.25) is 0 Å². The molecule has 112 valence electrons. The first-order valence-electron chi connectivity index (χ1n) is 6.94. The molecule has 0 heterocycles. The molecule has 0 fully saturated rings. The normalized spacial score (nSPS) is 17.3. The number of benzene rings is 1. The van der Waals surface area contributed by atoms with E-state index in [4.69, 9.17) is 0 Å². The van der Waals surface area contributed by atoms with E-state index in [1.807, 2.05) is 26.8 Å². The predicted octanol–water partition coefficient (Wildman–Crippen LogP) is 3.90. The molecule has 1 N–H and O–H groups in total. The summed E-state index contributed by atoms with van der Waals surface area (Å²) in [7, 11) is 0. The number of ketones is 1. The van der Waals surface area contributed by atoms with Crippen LogP contribution in [-0.4, -0.2) is 10.7 Å². The van der Waals surface area contributed by atoms with Gasteiger partial charge in [-0.3, -0.25) is 14.9 Å². The van der Waals surface area contributed by atoms with E-state index in [0.717, 1.165) is 17.7 Å². The SMILES string of the molecule is Cc1cc(NC2=CC(=O)CC(C)(C)C2)cc([N+](=O)[O-])c1C. The van der Waals surface area contributed by atoms with Crippen molar-refractivity contribution >= 4 is 17.2 Å². The lowest BCUT2D eigenvalue weighted by Gasteiger charge is -2.29. The van der Waals surface area contributed by atoms with Crippen molar-refractivity contribution in [2.45, 2.75) is 40.5 Å². The summed E-state index contributed by atoms with van der Waals surface area (Å²) < 4.78 is 0. The quantitative estimate of drug-likeness (QED) is 0.676. The monoisotopic (exact) mass is 288 g/mol. The van der Waals surface area contributed by atoms with Crippen LogP contribution in [-0.2, 0) is 4.79 Å². The first-order chi connectivity index (χ1) is 9.68. The van der Waals surface area contributed by atoms with Gasteiger partial charge < -0.3 is 5.32 Å². The summed E-state index contributed by atoms with van der Waals surface area (Å²) in [5.41, 5.74) is 3.00. The second-order valence-corrected chi connectivity index (χ2v) is 6.47. The molecule has 2 rings (SSSR count). The summed E-state index contributed by atoms with van der Waals surface area (Å²) in [6.07, 6.45) is 2.89. The second-order valence-electron chi connectivity index (χ2n) is 6.47. The Kier molecular flexibility index (Phi) is 3.85. The minimum Gasteiger partial charge on any atom is -0.359 e. The number of nitro groups is 1. The van der Waals surface area contributed by atoms with Crippen molar-refractivity contribution in [1.29, 1.82) is 0 Å². The fourth-order valence-corrected chi connectivity index (χ4v) is 2.71. The molecule has 5 nitrogen and oxygen atoms in total. The van der Waals surface area contributed by atoms with Crippen molar-refractivity contribution in [3.63, 3.8) is 0 Å². The van der Waals surface area contributed by atoms with Crippen LogP contribution in [0.5, 0.6) is 0 Å². The highest BCUT2D eigenvalue weighted by molar-refractivity contribution is 5.92. The van der Waals surface area contributed by atoms with E-state index in [1.165, 1.54) is 6.07 Å². The lowest BCUT2D eigenvalue weighted by atomic mass is 9.79. The minimum atomic E-state index is -0.377. The maximum Gasteiger partial charge on any atom is 0.274 e. The molecule has 21 heavy (non-hydrogen) atoms. The Morgan fingerprint density at radius 3 is 2.48 bits per heavy atom. The zero-order chi connectivity index (χ0) is 15.8. The molecule has 0 spiro atoms. The fraction of sp³-hybridized carbons (Fsp3) is 0.438. The molecule has 0 bridgehead atoms. The largest absolute Gasteiger partial charge is 0.359 e. The van der Waals surface area contributed by atoms with Crippen molar-refractivity contribution in [2.24, 2.45) is 5.41 Å². The Bertz CT molecular complexity index is 645. The Labute approximate surface area is 124 Å². The summed E-state index contributed by atoms with van der Waals surface area (Å²) >= 11 is 0. The molecule has 0 radical (unpaired) electrons. The molecule has 0 amide bonds. The van der Waals surface area contributed by atoms with Crippen molar-refractivity contribution in [3.05, 3.63) is 45.1 Å². The Balaban J connectivity index is 2.32. The van der Waals surface area contributed by atoms with Crippen LogP contribution in [0.3, 0.4) is 0 Å². The molecule has 0 saturated carbocycles. The molecule has 0 saturated heterocycles. The third kappa shape index (κ3) is 3.48. The highest BCUT2D eigenvalue weighted by atomic mass is 16.6. The van der Waals surface area contributed by atoms with Gasteiger partial charge in [-0.2, -0.15) is 0 Å². The lowest BCUT2D eigenvalue weighted by molar-refractivity contribution is -0.385. The van der Waals surface area contributed by atoms with Crippen LogP contribution in [0.25, 0.3) is 0 Å². The number of nitrogens with one attached hydrogen (secondary N) is 1. The van der Waals surface area contributed by atoms with Gasteiger partial charge in [-0.25, -0.2) is 0 Å². The van der Waals surface area contributed by atoms with Gasteiger partial charge in [-0.05, 0) is 37.3 Å². The molecule has 0 atom stereocenters. The average molecular weight is 288 g/mol. The van der Waals surface area contributed by atoms with Crippen LogP contribution < -0.4 is 5.32 Å². The van der Waals surface area contributed by atoms with Crippen molar-refractivity contribution in [3.8, 4) is 0 Å². The molecule has 1 aliphatic rings. The predicted molar refractivity (Wildman–Crippen MR) is 82.3 cm³/mol. The zero-order valence-electron chi connectivity index (χ0n) is 12.8. The zero-order valence-corrected chi connectivity index (χ0v) is 12.8. The molecular weight excluding hydrogens is 268 g/mol. The minimum absolute atomic E-state index is 0.0835. The van der Waals surface area contributed by atoms with E-state index in [-0.39, 0.29) is 21.8 Å². The second kappa shape index (κ2) is 5.31. The van der Waals surface area contributed by atoms with Crippen LogP contribution in [0.1, 0.15) is 37.8 Å². The Morgan fingerprint density at radius 1 is 1.24 bits per heavy atom. The van der Waals surface area contributed by atoms with Crippen LogP contribution >= 0.6 is 0 Å². The number of hydrogen-bond donors (Lipinski definition) is 1. The first-order valence-corrected chi connectivity index (χ1v) is 6.94. The molecule has 0 unspecified atom stereocenters. The number of carbonyl (C=O) groups is 1. The van der Waals surface area contributed by atoms with E-state index in [0.29, 0.717) is 17.7 Å². The van der Waals surface area contributed by atoms with Gasteiger partial charge in [0.1, 0.15) is 0 Å². The van der Waals surface area contributed by atoms with Crippen LogP contribution in [0.15, 0.2) is 23.9 Å². The Morgan fingerprint density at radius 2 is 1.90 bits per heavy atom. The van der Waals surface area contributed by atoms with Gasteiger partial charge in [0.2, 0.25) is 0 Å². The summed E-state index contributed by atoms with van der Waals surface area (Å²) in [5.74, 6) is 0.0899. The number of carbonyl (C=O) groups excluding carboxylic acids is 1. The third-order valence-corrected chi connectivity index (χ3v) is 3.80.